The first-order valence-electron chi connectivity index (χ1n) is 6.94. The third-order valence-electron chi connectivity index (χ3n) is 3.52. The summed E-state index contributed by atoms with van der Waals surface area (Å²) in [6.07, 6.45) is 2.20. The molecule has 2 aromatic rings. The highest BCUT2D eigenvalue weighted by atomic mass is 32.1. The van der Waals surface area contributed by atoms with Crippen molar-refractivity contribution in [2.75, 3.05) is 7.05 Å². The van der Waals surface area contributed by atoms with Crippen molar-refractivity contribution in [3.05, 3.63) is 40.7 Å². The molecule has 2 heterocycles. The van der Waals surface area contributed by atoms with Gasteiger partial charge in [0.25, 0.3) is 0 Å². The van der Waals surface area contributed by atoms with Crippen molar-refractivity contribution in [2.24, 2.45) is 0 Å². The molecule has 0 amide bonds. The fourth-order valence-corrected chi connectivity index (χ4v) is 2.80. The lowest BCUT2D eigenvalue weighted by molar-refractivity contribution is -0.134. The van der Waals surface area contributed by atoms with Crippen LogP contribution in [0.5, 0.6) is 0 Å². The van der Waals surface area contributed by atoms with Crippen LogP contribution in [0.2, 0.25) is 0 Å². The summed E-state index contributed by atoms with van der Waals surface area (Å²) in [7, 11) is 2.01. The first-order valence-corrected chi connectivity index (χ1v) is 7.34. The molecule has 0 saturated heterocycles. The third kappa shape index (κ3) is 4.05. The van der Waals surface area contributed by atoms with Gasteiger partial charge in [0.2, 0.25) is 0 Å². The van der Waals surface area contributed by atoms with Gasteiger partial charge in [-0.1, -0.05) is 12.1 Å². The fourth-order valence-electron chi connectivity index (χ4n) is 2.52. The molecule has 1 aromatic heterocycles. The van der Waals surface area contributed by atoms with Crippen LogP contribution in [-0.4, -0.2) is 44.8 Å². The predicted molar refractivity (Wildman–Crippen MR) is 88.1 cm³/mol. The number of hydrogen-bond donors (Lipinski definition) is 4. The Hall–Kier alpha value is -2.45. The van der Waals surface area contributed by atoms with Gasteiger partial charge in [-0.15, -0.1) is 0 Å². The van der Waals surface area contributed by atoms with Crippen molar-refractivity contribution >= 4 is 35.2 Å². The lowest BCUT2D eigenvalue weighted by Crippen LogP contribution is -2.35. The van der Waals surface area contributed by atoms with Crippen LogP contribution in [-0.2, 0) is 22.6 Å². The van der Waals surface area contributed by atoms with Gasteiger partial charge in [0.15, 0.2) is 4.77 Å². The first kappa shape index (κ1) is 16.9. The van der Waals surface area contributed by atoms with Crippen LogP contribution >= 0.6 is 12.2 Å². The topological polar surface area (TPSA) is 107 Å². The summed E-state index contributed by atoms with van der Waals surface area (Å²) in [5, 5.41) is 18.9. The number of likely N-dealkylation sites (N-methyl/N-ethyl adjacent to an activating group) is 1. The van der Waals surface area contributed by atoms with Gasteiger partial charge < -0.3 is 25.1 Å². The predicted octanol–water partition coefficient (Wildman–Crippen LogP) is 1.55. The molecular weight excluding hydrogens is 318 g/mol. The number of nitrogens with zero attached hydrogens (tertiary/aromatic N) is 1. The molecule has 0 saturated carbocycles. The van der Waals surface area contributed by atoms with Crippen molar-refractivity contribution in [2.45, 2.75) is 19.0 Å². The smallest absolute Gasteiger partial charge is 0.328 e. The van der Waals surface area contributed by atoms with E-state index in [-0.39, 0.29) is 0 Å². The first-order chi connectivity index (χ1) is 10.9. The molecule has 0 aliphatic carbocycles. The number of aromatic nitrogens is 2. The van der Waals surface area contributed by atoms with Crippen LogP contribution in [0.4, 0.5) is 0 Å². The van der Waals surface area contributed by atoms with E-state index >= 15 is 0 Å². The molecule has 1 aromatic carbocycles. The maximum Gasteiger partial charge on any atom is 0.328 e. The van der Waals surface area contributed by atoms with Gasteiger partial charge in [0.1, 0.15) is 0 Å². The maximum atomic E-state index is 9.55. The Kier molecular flexibility index (Phi) is 5.30. The van der Waals surface area contributed by atoms with Crippen LogP contribution in [0.15, 0.2) is 30.4 Å². The molecule has 0 spiro atoms. The highest BCUT2D eigenvalue weighted by Crippen LogP contribution is 2.24. The van der Waals surface area contributed by atoms with Crippen molar-refractivity contribution in [3.63, 3.8) is 0 Å². The van der Waals surface area contributed by atoms with Gasteiger partial charge in [0, 0.05) is 24.7 Å². The largest absolute Gasteiger partial charge is 0.478 e. The van der Waals surface area contributed by atoms with Gasteiger partial charge in [-0.25, -0.2) is 9.59 Å². The van der Waals surface area contributed by atoms with E-state index in [0.717, 1.165) is 23.3 Å². The number of nitrogens with one attached hydrogen (secondary N) is 2. The number of para-hydroxylation sites is 1. The van der Waals surface area contributed by atoms with Gasteiger partial charge >= 0.3 is 11.9 Å². The van der Waals surface area contributed by atoms with Crippen LogP contribution < -0.4 is 5.32 Å². The summed E-state index contributed by atoms with van der Waals surface area (Å²) < 4.78 is 3.03. The fraction of sp³-hybridized carbons (Fsp3) is 0.267. The van der Waals surface area contributed by atoms with E-state index in [1.807, 2.05) is 7.05 Å². The molecule has 4 N–H and O–H groups in total. The van der Waals surface area contributed by atoms with Crippen molar-refractivity contribution < 1.29 is 19.8 Å². The zero-order valence-corrected chi connectivity index (χ0v) is 13.3. The molecule has 0 bridgehead atoms. The number of carboxylic acid groups (broad SMARTS) is 2. The number of hydrogen-bond acceptors (Lipinski definition) is 4. The molecule has 122 valence electrons. The van der Waals surface area contributed by atoms with Crippen LogP contribution in [0, 0.1) is 4.77 Å². The van der Waals surface area contributed by atoms with Crippen LogP contribution in [0.3, 0.4) is 0 Å². The molecular formula is C15H17N3O4S. The highest BCUT2D eigenvalue weighted by molar-refractivity contribution is 7.71. The number of aromatic amines is 1. The number of imidazole rings is 1. The van der Waals surface area contributed by atoms with E-state index in [9.17, 15) is 9.59 Å². The number of rotatable bonds is 3. The van der Waals surface area contributed by atoms with Crippen molar-refractivity contribution in [1.82, 2.24) is 14.9 Å². The Bertz CT molecular complexity index is 806. The van der Waals surface area contributed by atoms with Gasteiger partial charge in [-0.3, -0.25) is 0 Å². The zero-order chi connectivity index (χ0) is 17.0. The monoisotopic (exact) mass is 335 g/mol. The normalized spacial score (nSPS) is 16.1. The number of benzene rings is 1. The Morgan fingerprint density at radius 2 is 2.00 bits per heavy atom. The Balaban J connectivity index is 0.000000207. The lowest BCUT2D eigenvalue weighted by Gasteiger charge is -2.23. The highest BCUT2D eigenvalue weighted by Gasteiger charge is 2.20. The summed E-state index contributed by atoms with van der Waals surface area (Å²) in [6, 6.07) is 6.85. The molecule has 1 atom stereocenters. The minimum atomic E-state index is -1.26. The van der Waals surface area contributed by atoms with E-state index in [2.05, 4.69) is 33.1 Å². The summed E-state index contributed by atoms with van der Waals surface area (Å²) >= 11 is 5.33. The van der Waals surface area contributed by atoms with Crippen molar-refractivity contribution in [3.8, 4) is 0 Å². The van der Waals surface area contributed by atoms with Crippen molar-refractivity contribution in [1.29, 1.82) is 0 Å². The molecule has 7 nitrogen and oxygen atoms in total. The van der Waals surface area contributed by atoms with E-state index in [1.54, 1.807) is 0 Å². The molecule has 1 aliphatic rings. The van der Waals surface area contributed by atoms with Gasteiger partial charge in [-0.2, -0.15) is 0 Å². The molecule has 0 fully saturated rings. The molecule has 3 rings (SSSR count). The molecule has 1 aliphatic heterocycles. The molecule has 0 radical (unpaired) electrons. The summed E-state index contributed by atoms with van der Waals surface area (Å²) in [5.74, 6) is -2.51. The maximum absolute atomic E-state index is 9.55. The van der Waals surface area contributed by atoms with Gasteiger partial charge in [-0.05, 0) is 37.3 Å². The second-order valence-electron chi connectivity index (χ2n) is 5.05. The second kappa shape index (κ2) is 7.21. The third-order valence-corrected chi connectivity index (χ3v) is 3.84. The number of carbonyl (C=O) groups is 2. The van der Waals surface area contributed by atoms with Gasteiger partial charge in [0.05, 0.1) is 11.0 Å². The number of aliphatic carboxylic acids is 2. The quantitative estimate of drug-likeness (QED) is 0.501. The lowest BCUT2D eigenvalue weighted by atomic mass is 10.0. The molecule has 8 heteroatoms. The Labute approximate surface area is 137 Å². The SMILES string of the molecule is CN[C@@H]1Cc2cccc3[nH]c(=S)n(c23)C1.O=C(O)/C=C\C(=O)O. The minimum Gasteiger partial charge on any atom is -0.478 e. The summed E-state index contributed by atoms with van der Waals surface area (Å²) in [5.41, 5.74) is 3.83. The zero-order valence-electron chi connectivity index (χ0n) is 12.4. The Morgan fingerprint density at radius 1 is 1.35 bits per heavy atom. The average molecular weight is 335 g/mol. The van der Waals surface area contributed by atoms with Crippen LogP contribution in [0.1, 0.15) is 5.56 Å². The summed E-state index contributed by atoms with van der Waals surface area (Å²) in [4.78, 5) is 22.4. The average Bonchev–Trinajstić information content (AvgIpc) is 2.84. The molecule has 0 unspecified atom stereocenters. The second-order valence-corrected chi connectivity index (χ2v) is 5.44. The van der Waals surface area contributed by atoms with E-state index < -0.39 is 11.9 Å². The molecule has 23 heavy (non-hydrogen) atoms. The summed E-state index contributed by atoms with van der Waals surface area (Å²) in [6.45, 7) is 0.965. The van der Waals surface area contributed by atoms with E-state index in [1.165, 1.54) is 11.1 Å². The van der Waals surface area contributed by atoms with E-state index in [4.69, 9.17) is 22.4 Å². The standard InChI is InChI=1S/C11H13N3S.C4H4O4/c1-12-8-5-7-3-2-4-9-10(7)14(6-8)11(15)13-9;5-3(6)1-2-4(7)8/h2-4,8,12H,5-6H2,1H3,(H,13,15);1-2H,(H,5,6)(H,7,8)/b;2-1-/t8-;/m1./s1. The van der Waals surface area contributed by atoms with Crippen LogP contribution in [0.25, 0.3) is 11.0 Å². The Morgan fingerprint density at radius 3 is 2.57 bits per heavy atom. The minimum absolute atomic E-state index is 0.491. The van der Waals surface area contributed by atoms with E-state index in [0.29, 0.717) is 18.2 Å². The number of H-pyrrole nitrogens is 1. The number of carboxylic acids is 2.